The monoisotopic (exact) mass is 275 g/mol. The second-order valence-corrected chi connectivity index (χ2v) is 4.84. The van der Waals surface area contributed by atoms with Crippen molar-refractivity contribution in [3.8, 4) is 16.9 Å². The number of nitrogens with two attached hydrogens (primary N) is 1. The standard InChI is InChI=1S/C16H18ClNO/c1-2-3-10-19-16-9-8-12(11-14(16)17)13-6-4-5-7-15(13)18/h4-9,11H,2-3,10,18H2,1H3. The van der Waals surface area contributed by atoms with Crippen LogP contribution in [0.15, 0.2) is 42.5 Å². The van der Waals surface area contributed by atoms with Gasteiger partial charge in [0.2, 0.25) is 0 Å². The van der Waals surface area contributed by atoms with E-state index in [0.717, 1.165) is 35.4 Å². The Bertz CT molecular complexity index is 554. The summed E-state index contributed by atoms with van der Waals surface area (Å²) < 4.78 is 5.64. The minimum atomic E-state index is 0.622. The van der Waals surface area contributed by atoms with Gasteiger partial charge in [-0.25, -0.2) is 0 Å². The fourth-order valence-electron chi connectivity index (χ4n) is 1.87. The first kappa shape index (κ1) is 13.8. The van der Waals surface area contributed by atoms with Crippen LogP contribution in [0.4, 0.5) is 5.69 Å². The zero-order chi connectivity index (χ0) is 13.7. The maximum Gasteiger partial charge on any atom is 0.137 e. The third-order valence-electron chi connectivity index (χ3n) is 2.96. The van der Waals surface area contributed by atoms with Crippen LogP contribution in [0, 0.1) is 0 Å². The van der Waals surface area contributed by atoms with E-state index in [2.05, 4.69) is 6.92 Å². The summed E-state index contributed by atoms with van der Waals surface area (Å²) in [6.07, 6.45) is 2.14. The van der Waals surface area contributed by atoms with Gasteiger partial charge >= 0.3 is 0 Å². The van der Waals surface area contributed by atoms with Gasteiger partial charge in [-0.3, -0.25) is 0 Å². The van der Waals surface area contributed by atoms with Crippen LogP contribution in [-0.4, -0.2) is 6.61 Å². The maximum atomic E-state index is 6.24. The molecule has 2 nitrogen and oxygen atoms in total. The van der Waals surface area contributed by atoms with E-state index in [1.54, 1.807) is 0 Å². The van der Waals surface area contributed by atoms with E-state index in [9.17, 15) is 0 Å². The molecule has 0 fully saturated rings. The van der Waals surface area contributed by atoms with Gasteiger partial charge in [0.1, 0.15) is 5.75 Å². The van der Waals surface area contributed by atoms with Crippen LogP contribution in [-0.2, 0) is 0 Å². The number of hydrogen-bond donors (Lipinski definition) is 1. The van der Waals surface area contributed by atoms with E-state index >= 15 is 0 Å². The predicted octanol–water partition coefficient (Wildman–Crippen LogP) is 4.77. The summed E-state index contributed by atoms with van der Waals surface area (Å²) in [4.78, 5) is 0. The molecule has 0 saturated carbocycles. The minimum absolute atomic E-state index is 0.622. The number of rotatable bonds is 5. The second kappa shape index (κ2) is 6.48. The molecule has 2 aromatic rings. The van der Waals surface area contributed by atoms with Crippen molar-refractivity contribution in [1.82, 2.24) is 0 Å². The largest absolute Gasteiger partial charge is 0.492 e. The lowest BCUT2D eigenvalue weighted by atomic mass is 10.0. The molecule has 2 rings (SSSR count). The van der Waals surface area contributed by atoms with Crippen LogP contribution in [0.1, 0.15) is 19.8 Å². The lowest BCUT2D eigenvalue weighted by Gasteiger charge is -2.10. The minimum Gasteiger partial charge on any atom is -0.492 e. The molecule has 0 unspecified atom stereocenters. The van der Waals surface area contributed by atoms with Crippen LogP contribution in [0.5, 0.6) is 5.75 Å². The molecule has 0 aliphatic heterocycles. The number of benzene rings is 2. The third-order valence-corrected chi connectivity index (χ3v) is 3.25. The van der Waals surface area contributed by atoms with Crippen molar-refractivity contribution in [2.24, 2.45) is 0 Å². The van der Waals surface area contributed by atoms with Crippen LogP contribution in [0.25, 0.3) is 11.1 Å². The lowest BCUT2D eigenvalue weighted by molar-refractivity contribution is 0.309. The van der Waals surface area contributed by atoms with Gasteiger partial charge in [-0.2, -0.15) is 0 Å². The van der Waals surface area contributed by atoms with Gasteiger partial charge in [-0.1, -0.05) is 49.2 Å². The Labute approximate surface area is 119 Å². The molecule has 0 heterocycles. The molecule has 0 spiro atoms. The number of anilines is 1. The first-order valence-corrected chi connectivity index (χ1v) is 6.87. The van der Waals surface area contributed by atoms with Crippen molar-refractivity contribution < 1.29 is 4.74 Å². The molecule has 2 aromatic carbocycles. The van der Waals surface area contributed by atoms with E-state index in [-0.39, 0.29) is 0 Å². The zero-order valence-corrected chi connectivity index (χ0v) is 11.8. The van der Waals surface area contributed by atoms with E-state index in [1.807, 2.05) is 42.5 Å². The summed E-state index contributed by atoms with van der Waals surface area (Å²) in [6, 6.07) is 13.5. The van der Waals surface area contributed by atoms with E-state index in [0.29, 0.717) is 11.6 Å². The fraction of sp³-hybridized carbons (Fsp3) is 0.250. The normalized spacial score (nSPS) is 10.4. The molecule has 0 atom stereocenters. The summed E-state index contributed by atoms with van der Waals surface area (Å²) in [5, 5.41) is 0.622. The van der Waals surface area contributed by atoms with Gasteiger partial charge in [0.15, 0.2) is 0 Å². The van der Waals surface area contributed by atoms with Gasteiger partial charge in [-0.15, -0.1) is 0 Å². The molecule has 0 bridgehead atoms. The lowest BCUT2D eigenvalue weighted by Crippen LogP contribution is -1.97. The predicted molar refractivity (Wildman–Crippen MR) is 81.7 cm³/mol. The average molecular weight is 276 g/mol. The van der Waals surface area contributed by atoms with Crippen LogP contribution in [0.3, 0.4) is 0 Å². The smallest absolute Gasteiger partial charge is 0.137 e. The summed E-state index contributed by atoms with van der Waals surface area (Å²) in [6.45, 7) is 2.83. The topological polar surface area (TPSA) is 35.2 Å². The highest BCUT2D eigenvalue weighted by Crippen LogP contribution is 2.32. The van der Waals surface area contributed by atoms with Crippen molar-refractivity contribution in [3.05, 3.63) is 47.5 Å². The molecule has 19 heavy (non-hydrogen) atoms. The highest BCUT2D eigenvalue weighted by Gasteiger charge is 2.06. The molecule has 2 N–H and O–H groups in total. The Kier molecular flexibility index (Phi) is 4.69. The zero-order valence-electron chi connectivity index (χ0n) is 11.0. The number of ether oxygens (including phenoxy) is 1. The SMILES string of the molecule is CCCCOc1ccc(-c2ccccc2N)cc1Cl. The molecular weight excluding hydrogens is 258 g/mol. The van der Waals surface area contributed by atoms with Crippen LogP contribution >= 0.6 is 11.6 Å². The molecule has 0 aliphatic rings. The van der Waals surface area contributed by atoms with Crippen molar-refractivity contribution in [2.75, 3.05) is 12.3 Å². The summed E-state index contributed by atoms with van der Waals surface area (Å²) >= 11 is 6.24. The highest BCUT2D eigenvalue weighted by molar-refractivity contribution is 6.32. The van der Waals surface area contributed by atoms with Gasteiger partial charge in [-0.05, 0) is 30.2 Å². The van der Waals surface area contributed by atoms with E-state index < -0.39 is 0 Å². The number of halogens is 1. The van der Waals surface area contributed by atoms with Gasteiger partial charge in [0, 0.05) is 11.3 Å². The first-order valence-electron chi connectivity index (χ1n) is 6.49. The summed E-state index contributed by atoms with van der Waals surface area (Å²) in [5.41, 5.74) is 8.71. The first-order chi connectivity index (χ1) is 9.22. The van der Waals surface area contributed by atoms with Gasteiger partial charge in [0.05, 0.1) is 11.6 Å². The van der Waals surface area contributed by atoms with E-state index in [4.69, 9.17) is 22.1 Å². The Morgan fingerprint density at radius 1 is 1.16 bits per heavy atom. The van der Waals surface area contributed by atoms with Gasteiger partial charge in [0.25, 0.3) is 0 Å². The number of hydrogen-bond acceptors (Lipinski definition) is 2. The van der Waals surface area contributed by atoms with Crippen molar-refractivity contribution in [3.63, 3.8) is 0 Å². The second-order valence-electron chi connectivity index (χ2n) is 4.43. The molecule has 0 radical (unpaired) electrons. The average Bonchev–Trinajstić information content (AvgIpc) is 2.41. The molecule has 0 amide bonds. The molecular formula is C16H18ClNO. The Hall–Kier alpha value is -1.67. The van der Waals surface area contributed by atoms with Crippen LogP contribution < -0.4 is 10.5 Å². The Balaban J connectivity index is 2.21. The van der Waals surface area contributed by atoms with Crippen LogP contribution in [0.2, 0.25) is 5.02 Å². The van der Waals surface area contributed by atoms with Crippen molar-refractivity contribution in [2.45, 2.75) is 19.8 Å². The quantitative estimate of drug-likeness (QED) is 0.630. The summed E-state index contributed by atoms with van der Waals surface area (Å²) in [5.74, 6) is 0.730. The fourth-order valence-corrected chi connectivity index (χ4v) is 2.11. The Morgan fingerprint density at radius 2 is 1.95 bits per heavy atom. The Morgan fingerprint density at radius 3 is 2.63 bits per heavy atom. The third kappa shape index (κ3) is 3.42. The van der Waals surface area contributed by atoms with Crippen molar-refractivity contribution in [1.29, 1.82) is 0 Å². The molecule has 100 valence electrons. The van der Waals surface area contributed by atoms with Crippen molar-refractivity contribution >= 4 is 17.3 Å². The highest BCUT2D eigenvalue weighted by atomic mass is 35.5. The number of unbranched alkanes of at least 4 members (excludes halogenated alkanes) is 1. The molecule has 0 aromatic heterocycles. The maximum absolute atomic E-state index is 6.24. The van der Waals surface area contributed by atoms with Gasteiger partial charge < -0.3 is 10.5 Å². The molecule has 3 heteroatoms. The molecule has 0 saturated heterocycles. The number of nitrogen functional groups attached to an aromatic ring is 1. The summed E-state index contributed by atoms with van der Waals surface area (Å²) in [7, 11) is 0. The molecule has 0 aliphatic carbocycles. The number of para-hydroxylation sites is 1. The van der Waals surface area contributed by atoms with E-state index in [1.165, 1.54) is 0 Å².